The second-order valence-electron chi connectivity index (χ2n) is 6.73. The molecule has 2 aliphatic rings. The van der Waals surface area contributed by atoms with Gasteiger partial charge in [-0.3, -0.25) is 4.90 Å². The lowest BCUT2D eigenvalue weighted by Gasteiger charge is -2.24. The van der Waals surface area contributed by atoms with E-state index < -0.39 is 0 Å². The van der Waals surface area contributed by atoms with Gasteiger partial charge in [0.05, 0.1) is 0 Å². The van der Waals surface area contributed by atoms with Crippen molar-refractivity contribution in [3.63, 3.8) is 0 Å². The zero-order valence-electron chi connectivity index (χ0n) is 14.0. The summed E-state index contributed by atoms with van der Waals surface area (Å²) in [6.07, 6.45) is 13.0. The maximum Gasteiger partial charge on any atom is 0.216 e. The van der Waals surface area contributed by atoms with E-state index in [1.807, 2.05) is 19.1 Å². The van der Waals surface area contributed by atoms with Crippen molar-refractivity contribution >= 4 is 0 Å². The summed E-state index contributed by atoms with van der Waals surface area (Å²) < 4.78 is 6.16. The number of fused-ring (bicyclic) bond motifs is 1. The molecule has 1 saturated heterocycles. The summed E-state index contributed by atoms with van der Waals surface area (Å²) in [4.78, 5) is 11.1. The lowest BCUT2D eigenvalue weighted by molar-refractivity contribution is 0.131. The standard InChI is InChI=1S/C19H27N3O/c1-3-4-9-18(23-19-10-11-20-15(2)21-19)14-22-12-16-7-5-6-8-17(16)13-22/h3,5-6,10-11,16-18H,1,4,7-9,12-14H2,2H3/t16-,17+,18?. The molecule has 1 fully saturated rings. The van der Waals surface area contributed by atoms with Crippen LogP contribution in [0.1, 0.15) is 31.5 Å². The number of aryl methyl sites for hydroxylation is 1. The SMILES string of the molecule is C=CCCC(CN1C[C@H]2CC=CC[C@H]2C1)Oc1ccnc(C)n1. The molecule has 23 heavy (non-hydrogen) atoms. The quantitative estimate of drug-likeness (QED) is 0.723. The monoisotopic (exact) mass is 313 g/mol. The molecule has 0 N–H and O–H groups in total. The zero-order valence-corrected chi connectivity index (χ0v) is 14.0. The average Bonchev–Trinajstić information content (AvgIpc) is 2.95. The van der Waals surface area contributed by atoms with Crippen LogP contribution in [0.5, 0.6) is 5.88 Å². The number of rotatable bonds is 7. The highest BCUT2D eigenvalue weighted by Crippen LogP contribution is 2.33. The highest BCUT2D eigenvalue weighted by atomic mass is 16.5. The zero-order chi connectivity index (χ0) is 16.1. The molecule has 0 spiro atoms. The molecule has 3 rings (SSSR count). The Labute approximate surface area is 139 Å². The van der Waals surface area contributed by atoms with Gasteiger partial charge in [-0.15, -0.1) is 6.58 Å². The highest BCUT2D eigenvalue weighted by Gasteiger charge is 2.33. The largest absolute Gasteiger partial charge is 0.473 e. The minimum atomic E-state index is 0.162. The molecule has 1 aromatic heterocycles. The van der Waals surface area contributed by atoms with E-state index >= 15 is 0 Å². The van der Waals surface area contributed by atoms with Crippen molar-refractivity contribution in [3.8, 4) is 5.88 Å². The average molecular weight is 313 g/mol. The van der Waals surface area contributed by atoms with E-state index in [1.54, 1.807) is 6.20 Å². The Kier molecular flexibility index (Phi) is 5.44. The van der Waals surface area contributed by atoms with Crippen molar-refractivity contribution in [2.45, 2.75) is 38.7 Å². The predicted molar refractivity (Wildman–Crippen MR) is 92.4 cm³/mol. The van der Waals surface area contributed by atoms with Crippen LogP contribution >= 0.6 is 0 Å². The van der Waals surface area contributed by atoms with E-state index in [-0.39, 0.29) is 6.10 Å². The van der Waals surface area contributed by atoms with Crippen molar-refractivity contribution in [2.24, 2.45) is 11.8 Å². The van der Waals surface area contributed by atoms with Crippen molar-refractivity contribution < 1.29 is 4.74 Å². The molecule has 0 aromatic carbocycles. The number of hydrogen-bond acceptors (Lipinski definition) is 4. The van der Waals surface area contributed by atoms with Crippen molar-refractivity contribution in [3.05, 3.63) is 42.9 Å². The Morgan fingerprint density at radius 1 is 1.35 bits per heavy atom. The van der Waals surface area contributed by atoms with Crippen LogP contribution in [0.25, 0.3) is 0 Å². The molecule has 0 bridgehead atoms. The fourth-order valence-electron chi connectivity index (χ4n) is 3.71. The molecule has 1 unspecified atom stereocenters. The van der Waals surface area contributed by atoms with Gasteiger partial charge in [-0.05, 0) is 44.4 Å². The van der Waals surface area contributed by atoms with Crippen LogP contribution in [0.3, 0.4) is 0 Å². The summed E-state index contributed by atoms with van der Waals surface area (Å²) in [6, 6.07) is 1.85. The van der Waals surface area contributed by atoms with Gasteiger partial charge in [0.2, 0.25) is 5.88 Å². The molecule has 1 aliphatic carbocycles. The Morgan fingerprint density at radius 3 is 2.74 bits per heavy atom. The third-order valence-corrected chi connectivity index (χ3v) is 4.89. The number of aromatic nitrogens is 2. The van der Waals surface area contributed by atoms with Gasteiger partial charge in [0.25, 0.3) is 0 Å². The lowest BCUT2D eigenvalue weighted by Crippen LogP contribution is -2.34. The Bertz CT molecular complexity index is 541. The first-order chi connectivity index (χ1) is 11.2. The minimum absolute atomic E-state index is 0.162. The molecule has 2 heterocycles. The molecular formula is C19H27N3O. The number of allylic oxidation sites excluding steroid dienone is 3. The molecule has 1 aliphatic heterocycles. The Hall–Kier alpha value is -1.68. The second-order valence-corrected chi connectivity index (χ2v) is 6.73. The maximum absolute atomic E-state index is 6.16. The molecule has 4 heteroatoms. The fourth-order valence-corrected chi connectivity index (χ4v) is 3.71. The molecule has 124 valence electrons. The summed E-state index contributed by atoms with van der Waals surface area (Å²) in [6.45, 7) is 9.11. The van der Waals surface area contributed by atoms with Gasteiger partial charge in [-0.2, -0.15) is 4.98 Å². The number of likely N-dealkylation sites (tertiary alicyclic amines) is 1. The van der Waals surface area contributed by atoms with Gasteiger partial charge < -0.3 is 4.74 Å². The van der Waals surface area contributed by atoms with Crippen LogP contribution in [0.15, 0.2) is 37.1 Å². The summed E-state index contributed by atoms with van der Waals surface area (Å²) in [5.74, 6) is 3.11. The molecule has 4 nitrogen and oxygen atoms in total. The van der Waals surface area contributed by atoms with Crippen LogP contribution in [0.4, 0.5) is 0 Å². The second kappa shape index (κ2) is 7.73. The van der Waals surface area contributed by atoms with Gasteiger partial charge in [-0.25, -0.2) is 4.98 Å². The summed E-state index contributed by atoms with van der Waals surface area (Å²) >= 11 is 0. The van der Waals surface area contributed by atoms with Gasteiger partial charge in [0.1, 0.15) is 11.9 Å². The van der Waals surface area contributed by atoms with Gasteiger partial charge in [-0.1, -0.05) is 18.2 Å². The van der Waals surface area contributed by atoms with Gasteiger partial charge >= 0.3 is 0 Å². The Morgan fingerprint density at radius 2 is 2.09 bits per heavy atom. The topological polar surface area (TPSA) is 38.2 Å². The minimum Gasteiger partial charge on any atom is -0.473 e. The summed E-state index contributed by atoms with van der Waals surface area (Å²) in [7, 11) is 0. The molecular weight excluding hydrogens is 286 g/mol. The first-order valence-corrected chi connectivity index (χ1v) is 8.69. The summed E-state index contributed by atoms with van der Waals surface area (Å²) in [5, 5.41) is 0. The van der Waals surface area contributed by atoms with Crippen LogP contribution in [0, 0.1) is 18.8 Å². The van der Waals surface area contributed by atoms with Crippen LogP contribution in [-0.4, -0.2) is 40.6 Å². The van der Waals surface area contributed by atoms with E-state index in [4.69, 9.17) is 4.74 Å². The van der Waals surface area contributed by atoms with Gasteiger partial charge in [0.15, 0.2) is 0 Å². The summed E-state index contributed by atoms with van der Waals surface area (Å²) in [5.41, 5.74) is 0. The normalized spacial score (nSPS) is 25.1. The lowest BCUT2D eigenvalue weighted by atomic mass is 9.86. The molecule has 0 saturated carbocycles. The van der Waals surface area contributed by atoms with Crippen molar-refractivity contribution in [2.75, 3.05) is 19.6 Å². The highest BCUT2D eigenvalue weighted by molar-refractivity contribution is 5.08. The maximum atomic E-state index is 6.16. The van der Waals surface area contributed by atoms with Crippen LogP contribution < -0.4 is 4.74 Å². The number of nitrogens with zero attached hydrogens (tertiary/aromatic N) is 3. The fraction of sp³-hybridized carbons (Fsp3) is 0.579. The Balaban J connectivity index is 1.59. The van der Waals surface area contributed by atoms with Gasteiger partial charge in [0, 0.05) is 31.9 Å². The molecule has 0 radical (unpaired) electrons. The third kappa shape index (κ3) is 4.41. The van der Waals surface area contributed by atoms with Crippen LogP contribution in [-0.2, 0) is 0 Å². The van der Waals surface area contributed by atoms with E-state index in [9.17, 15) is 0 Å². The third-order valence-electron chi connectivity index (χ3n) is 4.89. The molecule has 0 amide bonds. The molecule has 3 atom stereocenters. The predicted octanol–water partition coefficient (Wildman–Crippen LogP) is 3.40. The van der Waals surface area contributed by atoms with E-state index in [0.29, 0.717) is 5.88 Å². The van der Waals surface area contributed by atoms with E-state index in [2.05, 4.69) is 33.6 Å². The van der Waals surface area contributed by atoms with Crippen molar-refractivity contribution in [1.29, 1.82) is 0 Å². The van der Waals surface area contributed by atoms with E-state index in [1.165, 1.54) is 25.9 Å². The molecule has 1 aromatic rings. The smallest absolute Gasteiger partial charge is 0.216 e. The van der Waals surface area contributed by atoms with E-state index in [0.717, 1.165) is 37.0 Å². The number of hydrogen-bond donors (Lipinski definition) is 0. The number of ether oxygens (including phenoxy) is 1. The van der Waals surface area contributed by atoms with Crippen molar-refractivity contribution in [1.82, 2.24) is 14.9 Å². The van der Waals surface area contributed by atoms with Crippen LogP contribution in [0.2, 0.25) is 0 Å². The first kappa shape index (κ1) is 16.2. The first-order valence-electron chi connectivity index (χ1n) is 8.69.